The van der Waals surface area contributed by atoms with Crippen LogP contribution in [0.5, 0.6) is 0 Å². The van der Waals surface area contributed by atoms with Gasteiger partial charge in [-0.05, 0) is 42.8 Å². The quantitative estimate of drug-likeness (QED) is 0.815. The SMILES string of the molecule is CC1=C(c2ccc(Cl)cc2)S(=O)(=O)NC1=NCC(=O)Nc1cccc(F)c1. The number of halogens is 2. The summed E-state index contributed by atoms with van der Waals surface area (Å²) in [5.74, 6) is -0.886. The van der Waals surface area contributed by atoms with Gasteiger partial charge in [0.05, 0.1) is 0 Å². The molecule has 3 rings (SSSR count). The number of nitrogens with zero attached hydrogens (tertiary/aromatic N) is 1. The van der Waals surface area contributed by atoms with Gasteiger partial charge in [-0.3, -0.25) is 14.5 Å². The number of amides is 1. The van der Waals surface area contributed by atoms with Crippen LogP contribution in [0.15, 0.2) is 59.1 Å². The molecule has 2 aromatic rings. The topological polar surface area (TPSA) is 87.6 Å². The van der Waals surface area contributed by atoms with Crippen molar-refractivity contribution in [2.45, 2.75) is 6.92 Å². The van der Waals surface area contributed by atoms with Gasteiger partial charge in [0, 0.05) is 16.3 Å². The van der Waals surface area contributed by atoms with E-state index in [1.807, 2.05) is 0 Å². The summed E-state index contributed by atoms with van der Waals surface area (Å²) >= 11 is 5.84. The molecule has 6 nitrogen and oxygen atoms in total. The zero-order chi connectivity index (χ0) is 19.6. The van der Waals surface area contributed by atoms with E-state index in [1.54, 1.807) is 31.2 Å². The van der Waals surface area contributed by atoms with E-state index in [4.69, 9.17) is 11.6 Å². The summed E-state index contributed by atoms with van der Waals surface area (Å²) in [5, 5.41) is 2.99. The van der Waals surface area contributed by atoms with Gasteiger partial charge in [0.25, 0.3) is 10.0 Å². The van der Waals surface area contributed by atoms with Crippen molar-refractivity contribution in [3.8, 4) is 0 Å². The third kappa shape index (κ3) is 4.35. The van der Waals surface area contributed by atoms with Gasteiger partial charge in [0.15, 0.2) is 0 Å². The zero-order valence-corrected chi connectivity index (χ0v) is 15.7. The van der Waals surface area contributed by atoms with Crippen molar-refractivity contribution >= 4 is 44.0 Å². The highest BCUT2D eigenvalue weighted by Crippen LogP contribution is 2.30. The smallest absolute Gasteiger partial charge is 0.264 e. The normalized spacial score (nSPS) is 17.1. The van der Waals surface area contributed by atoms with E-state index < -0.39 is 21.7 Å². The molecule has 1 aliphatic rings. The Morgan fingerprint density at radius 2 is 1.93 bits per heavy atom. The van der Waals surface area contributed by atoms with Gasteiger partial charge in [0.2, 0.25) is 5.91 Å². The molecule has 0 saturated heterocycles. The first kappa shape index (κ1) is 19.1. The van der Waals surface area contributed by atoms with Crippen LogP contribution in [0.1, 0.15) is 12.5 Å². The van der Waals surface area contributed by atoms with Crippen LogP contribution >= 0.6 is 11.6 Å². The zero-order valence-electron chi connectivity index (χ0n) is 14.2. The van der Waals surface area contributed by atoms with Crippen molar-refractivity contribution in [2.75, 3.05) is 11.9 Å². The largest absolute Gasteiger partial charge is 0.324 e. The van der Waals surface area contributed by atoms with E-state index in [0.717, 1.165) is 0 Å². The number of carbonyl (C=O) groups excluding carboxylic acids is 1. The summed E-state index contributed by atoms with van der Waals surface area (Å²) in [7, 11) is -3.79. The number of hydrogen-bond acceptors (Lipinski definition) is 4. The molecule has 2 aromatic carbocycles. The average Bonchev–Trinajstić information content (AvgIpc) is 2.83. The lowest BCUT2D eigenvalue weighted by Gasteiger charge is -2.04. The van der Waals surface area contributed by atoms with Crippen LogP contribution in [0, 0.1) is 5.82 Å². The predicted octanol–water partition coefficient (Wildman–Crippen LogP) is 3.18. The maximum Gasteiger partial charge on any atom is 0.264 e. The Labute approximate surface area is 160 Å². The number of hydrogen-bond donors (Lipinski definition) is 2. The average molecular weight is 408 g/mol. The molecular formula is C18H15ClFN3O3S. The first-order valence-corrected chi connectivity index (χ1v) is 9.72. The minimum atomic E-state index is -3.79. The Bertz CT molecular complexity index is 1060. The standard InChI is InChI=1S/C18H15ClFN3O3S/c1-11-17(12-5-7-13(19)8-6-12)27(25,26)23-18(11)21-10-16(24)22-15-4-2-3-14(20)9-15/h2-9H,10H2,1H3,(H,21,23)(H,22,24). The van der Waals surface area contributed by atoms with Crippen LogP contribution in [0.4, 0.5) is 10.1 Å². The van der Waals surface area contributed by atoms with Gasteiger partial charge in [-0.25, -0.2) is 12.8 Å². The molecular weight excluding hydrogens is 393 g/mol. The highest BCUT2D eigenvalue weighted by Gasteiger charge is 2.32. The molecule has 0 saturated carbocycles. The number of rotatable bonds is 4. The minimum Gasteiger partial charge on any atom is -0.324 e. The Morgan fingerprint density at radius 3 is 2.59 bits per heavy atom. The van der Waals surface area contributed by atoms with E-state index in [1.165, 1.54) is 24.3 Å². The van der Waals surface area contributed by atoms with Crippen LogP contribution in [0.25, 0.3) is 4.91 Å². The molecule has 0 fully saturated rings. The lowest BCUT2D eigenvalue weighted by molar-refractivity contribution is -0.114. The number of anilines is 1. The summed E-state index contributed by atoms with van der Waals surface area (Å²) in [4.78, 5) is 16.1. The Morgan fingerprint density at radius 1 is 1.22 bits per heavy atom. The van der Waals surface area contributed by atoms with E-state index in [9.17, 15) is 17.6 Å². The third-order valence-corrected chi connectivity index (χ3v) is 5.58. The van der Waals surface area contributed by atoms with Gasteiger partial charge >= 0.3 is 0 Å². The molecule has 140 valence electrons. The molecule has 0 spiro atoms. The maximum absolute atomic E-state index is 13.1. The molecule has 1 heterocycles. The molecule has 1 amide bonds. The van der Waals surface area contributed by atoms with Crippen LogP contribution < -0.4 is 10.0 Å². The van der Waals surface area contributed by atoms with E-state index in [2.05, 4.69) is 15.0 Å². The van der Waals surface area contributed by atoms with E-state index in [-0.39, 0.29) is 17.3 Å². The number of sulfonamides is 1. The third-order valence-electron chi connectivity index (χ3n) is 3.79. The second-order valence-corrected chi connectivity index (χ2v) is 7.85. The molecule has 0 aliphatic carbocycles. The predicted molar refractivity (Wildman–Crippen MR) is 103 cm³/mol. The number of benzene rings is 2. The fraction of sp³-hybridized carbons (Fsp3) is 0.111. The Kier molecular flexibility index (Phi) is 5.29. The first-order valence-electron chi connectivity index (χ1n) is 7.86. The van der Waals surface area contributed by atoms with Gasteiger partial charge < -0.3 is 5.32 Å². The molecule has 0 unspecified atom stereocenters. The highest BCUT2D eigenvalue weighted by atomic mass is 35.5. The van der Waals surface area contributed by atoms with Crippen LogP contribution in [0.2, 0.25) is 5.02 Å². The number of amidine groups is 1. The maximum atomic E-state index is 13.1. The lowest BCUT2D eigenvalue weighted by Crippen LogP contribution is -2.25. The molecule has 2 N–H and O–H groups in total. The van der Waals surface area contributed by atoms with Crippen LogP contribution in [-0.2, 0) is 14.8 Å². The number of aliphatic imine (C=N–C) groups is 1. The summed E-state index contributed by atoms with van der Waals surface area (Å²) in [5.41, 5.74) is 1.16. The van der Waals surface area contributed by atoms with Gasteiger partial charge in [-0.15, -0.1) is 0 Å². The van der Waals surface area contributed by atoms with Crippen molar-refractivity contribution in [2.24, 2.45) is 4.99 Å². The highest BCUT2D eigenvalue weighted by molar-refractivity contribution is 8.00. The second kappa shape index (κ2) is 7.50. The van der Waals surface area contributed by atoms with Crippen molar-refractivity contribution < 1.29 is 17.6 Å². The van der Waals surface area contributed by atoms with Crippen LogP contribution in [-0.4, -0.2) is 26.7 Å². The summed E-state index contributed by atoms with van der Waals surface area (Å²) < 4.78 is 40.3. The van der Waals surface area contributed by atoms with Gasteiger partial charge in [0.1, 0.15) is 23.1 Å². The monoisotopic (exact) mass is 407 g/mol. The minimum absolute atomic E-state index is 0.0865. The number of carbonyl (C=O) groups is 1. The second-order valence-electron chi connectivity index (χ2n) is 5.79. The lowest BCUT2D eigenvalue weighted by atomic mass is 10.1. The summed E-state index contributed by atoms with van der Waals surface area (Å²) in [6.07, 6.45) is 0. The van der Waals surface area contributed by atoms with Gasteiger partial charge in [-0.1, -0.05) is 29.8 Å². The molecule has 0 aromatic heterocycles. The summed E-state index contributed by atoms with van der Waals surface area (Å²) in [6, 6.07) is 11.8. The van der Waals surface area contributed by atoms with Crippen molar-refractivity contribution in [3.63, 3.8) is 0 Å². The van der Waals surface area contributed by atoms with Crippen LogP contribution in [0.3, 0.4) is 0 Å². The molecule has 9 heteroatoms. The van der Waals surface area contributed by atoms with Crippen molar-refractivity contribution in [1.29, 1.82) is 0 Å². The number of nitrogens with one attached hydrogen (secondary N) is 2. The molecule has 1 aliphatic heterocycles. The molecule has 0 bridgehead atoms. The fourth-order valence-corrected chi connectivity index (χ4v) is 4.25. The van der Waals surface area contributed by atoms with Gasteiger partial charge in [-0.2, -0.15) is 0 Å². The van der Waals surface area contributed by atoms with E-state index >= 15 is 0 Å². The fourth-order valence-electron chi connectivity index (χ4n) is 2.61. The first-order chi connectivity index (χ1) is 12.8. The van der Waals surface area contributed by atoms with Crippen molar-refractivity contribution in [3.05, 3.63) is 70.5 Å². The molecule has 0 radical (unpaired) electrons. The van der Waals surface area contributed by atoms with Crippen molar-refractivity contribution in [1.82, 2.24) is 4.72 Å². The Balaban J connectivity index is 1.80. The molecule has 0 atom stereocenters. The Hall–Kier alpha value is -2.71. The molecule has 27 heavy (non-hydrogen) atoms. The summed E-state index contributed by atoms with van der Waals surface area (Å²) in [6.45, 7) is 1.28. The van der Waals surface area contributed by atoms with E-state index in [0.29, 0.717) is 21.8 Å².